The molecule has 288 valence electrons. The molecule has 8 aromatic rings. The summed E-state index contributed by atoms with van der Waals surface area (Å²) in [5, 5.41) is 7.84. The number of rotatable bonds is 8. The summed E-state index contributed by atoms with van der Waals surface area (Å²) in [6.45, 7) is 9.01. The number of pyridine rings is 1. The number of hydrogen-bond acceptors (Lipinski definition) is 2. The van der Waals surface area contributed by atoms with Crippen LogP contribution in [0, 0.1) is 0 Å². The van der Waals surface area contributed by atoms with Crippen LogP contribution in [0.1, 0.15) is 30.5 Å². The highest BCUT2D eigenvalue weighted by atomic mass is 28.3. The van der Waals surface area contributed by atoms with Crippen LogP contribution in [0.15, 0.2) is 230 Å². The molecule has 0 aliphatic heterocycles. The van der Waals surface area contributed by atoms with Crippen LogP contribution in [-0.4, -0.2) is 13.1 Å². The predicted octanol–water partition coefficient (Wildman–Crippen LogP) is 11.6. The van der Waals surface area contributed by atoms with Crippen LogP contribution in [0.4, 0.5) is 17.1 Å². The van der Waals surface area contributed by atoms with Gasteiger partial charge in [0.2, 0.25) is 0 Å². The maximum Gasteiger partial charge on any atom is 0.179 e. The van der Waals surface area contributed by atoms with Crippen molar-refractivity contribution >= 4 is 62.7 Å². The van der Waals surface area contributed by atoms with E-state index >= 15 is 0 Å². The molecule has 0 radical (unpaired) electrons. The largest absolute Gasteiger partial charge is 0.309 e. The molecule has 2 aliphatic carbocycles. The van der Waals surface area contributed by atoms with Crippen molar-refractivity contribution in [3.8, 4) is 11.3 Å². The maximum absolute atomic E-state index is 5.19. The lowest BCUT2D eigenvalue weighted by atomic mass is 9.82. The topological polar surface area (TPSA) is 16.1 Å². The van der Waals surface area contributed by atoms with Gasteiger partial charge in [0.15, 0.2) is 8.07 Å². The van der Waals surface area contributed by atoms with E-state index in [0.29, 0.717) is 0 Å². The van der Waals surface area contributed by atoms with Gasteiger partial charge in [0, 0.05) is 22.4 Å². The Kier molecular flexibility index (Phi) is 9.47. The fourth-order valence-corrected chi connectivity index (χ4v) is 14.3. The molecular formula is C57H46N2Si. The number of aromatic nitrogens is 1. The summed E-state index contributed by atoms with van der Waals surface area (Å²) in [4.78, 5) is 7.56. The smallest absolute Gasteiger partial charge is 0.179 e. The van der Waals surface area contributed by atoms with Gasteiger partial charge in [0.25, 0.3) is 0 Å². The minimum absolute atomic E-state index is 0.116. The standard InChI is InChI=1S/C57H46N2Si/c1-41-16-15-19-46-38-54-45(27-26-41)37-49(39-55(54)57(46,2)3)59(47-31-28-42-17-13-14-18-44(42)36-47)48-32-35-56(58-40-48)43-29-33-53(34-30-43)60(50-20-7-4-8-21-50,51-22-9-5-10-23-51)52-24-11-6-12-25-52/h4-37,39-40H,1,38H2,2-3H3/b16-15-,27-26?,46-19+. The molecule has 0 unspecified atom stereocenters. The van der Waals surface area contributed by atoms with Gasteiger partial charge in [-0.2, -0.15) is 0 Å². The molecule has 10 rings (SSSR count). The highest BCUT2D eigenvalue weighted by Gasteiger charge is 2.41. The van der Waals surface area contributed by atoms with Gasteiger partial charge in [-0.05, 0) is 96.6 Å². The van der Waals surface area contributed by atoms with E-state index in [4.69, 9.17) is 4.98 Å². The van der Waals surface area contributed by atoms with Gasteiger partial charge in [-0.3, -0.25) is 4.98 Å². The second kappa shape index (κ2) is 15.3. The number of hydrogen-bond donors (Lipinski definition) is 0. The zero-order valence-corrected chi connectivity index (χ0v) is 35.1. The third-order valence-electron chi connectivity index (χ3n) is 12.7. The minimum atomic E-state index is -2.62. The average molecular weight is 787 g/mol. The molecule has 0 amide bonds. The van der Waals surface area contributed by atoms with Crippen molar-refractivity contribution in [3.63, 3.8) is 0 Å². The maximum atomic E-state index is 5.19. The Balaban J connectivity index is 1.08. The Morgan fingerprint density at radius 3 is 1.78 bits per heavy atom. The van der Waals surface area contributed by atoms with Gasteiger partial charge in [0.05, 0.1) is 17.6 Å². The first kappa shape index (κ1) is 37.2. The van der Waals surface area contributed by atoms with Crippen molar-refractivity contribution in [2.75, 3.05) is 4.90 Å². The van der Waals surface area contributed by atoms with Crippen LogP contribution < -0.4 is 25.6 Å². The van der Waals surface area contributed by atoms with Gasteiger partial charge in [-0.25, -0.2) is 0 Å². The van der Waals surface area contributed by atoms with Crippen molar-refractivity contribution in [2.45, 2.75) is 25.7 Å². The first-order valence-electron chi connectivity index (χ1n) is 20.8. The third kappa shape index (κ3) is 6.48. The molecule has 1 aromatic heterocycles. The fraction of sp³-hybridized carbons (Fsp3) is 0.0702. The molecular weight excluding hydrogens is 741 g/mol. The molecule has 1 heterocycles. The van der Waals surface area contributed by atoms with Crippen molar-refractivity contribution < 1.29 is 0 Å². The van der Waals surface area contributed by atoms with Gasteiger partial charge in [-0.1, -0.05) is 202 Å². The van der Waals surface area contributed by atoms with Crippen LogP contribution in [-0.2, 0) is 11.8 Å². The minimum Gasteiger partial charge on any atom is -0.309 e. The predicted molar refractivity (Wildman–Crippen MR) is 258 cm³/mol. The van der Waals surface area contributed by atoms with Crippen LogP contribution in [0.5, 0.6) is 0 Å². The number of anilines is 3. The number of benzene rings is 7. The average Bonchev–Trinajstić information content (AvgIpc) is 3.55. The SMILES string of the molecule is C=C1C=Cc2cc(N(c3ccc(-c4ccc([Si](c5ccccc5)(c5ccccc5)c5ccccc5)cc4)nc3)c3ccc4ccccc4c3)cc3c2C/C(=C\C=C/1)C3(C)C. The van der Waals surface area contributed by atoms with Crippen molar-refractivity contribution in [3.05, 3.63) is 247 Å². The second-order valence-corrected chi connectivity index (χ2v) is 20.3. The summed E-state index contributed by atoms with van der Waals surface area (Å²) in [5.74, 6) is 0. The zero-order chi connectivity index (χ0) is 40.7. The van der Waals surface area contributed by atoms with Crippen molar-refractivity contribution in [1.29, 1.82) is 0 Å². The number of allylic oxidation sites excluding steroid dienone is 6. The molecule has 3 heteroatoms. The van der Waals surface area contributed by atoms with E-state index in [1.54, 1.807) is 0 Å². The molecule has 2 nitrogen and oxygen atoms in total. The van der Waals surface area contributed by atoms with Crippen LogP contribution in [0.2, 0.25) is 0 Å². The highest BCUT2D eigenvalue weighted by molar-refractivity contribution is 7.19. The summed E-state index contributed by atoms with van der Waals surface area (Å²) < 4.78 is 0. The van der Waals surface area contributed by atoms with Crippen molar-refractivity contribution in [2.24, 2.45) is 0 Å². The fourth-order valence-electron chi connectivity index (χ4n) is 9.51. The lowest BCUT2D eigenvalue weighted by Crippen LogP contribution is -2.74. The van der Waals surface area contributed by atoms with Crippen LogP contribution in [0.25, 0.3) is 28.1 Å². The molecule has 2 bridgehead atoms. The van der Waals surface area contributed by atoms with Gasteiger partial charge < -0.3 is 4.90 Å². The molecule has 60 heavy (non-hydrogen) atoms. The molecule has 0 atom stereocenters. The Labute approximate surface area is 354 Å². The molecule has 0 saturated heterocycles. The first-order valence-corrected chi connectivity index (χ1v) is 22.8. The van der Waals surface area contributed by atoms with Crippen LogP contribution >= 0.6 is 0 Å². The zero-order valence-electron chi connectivity index (χ0n) is 34.1. The molecule has 0 fully saturated rings. The van der Waals surface area contributed by atoms with E-state index < -0.39 is 8.07 Å². The monoisotopic (exact) mass is 786 g/mol. The Hall–Kier alpha value is -7.07. The van der Waals surface area contributed by atoms with E-state index in [2.05, 4.69) is 238 Å². The molecule has 0 saturated carbocycles. The van der Waals surface area contributed by atoms with Gasteiger partial charge in [0.1, 0.15) is 0 Å². The highest BCUT2D eigenvalue weighted by Crippen LogP contribution is 2.48. The lowest BCUT2D eigenvalue weighted by Gasteiger charge is -2.34. The molecule has 0 spiro atoms. The quantitative estimate of drug-likeness (QED) is 0.113. The van der Waals surface area contributed by atoms with Crippen molar-refractivity contribution in [1.82, 2.24) is 4.98 Å². The molecule has 2 aliphatic rings. The summed E-state index contributed by atoms with van der Waals surface area (Å²) in [7, 11) is -2.62. The Morgan fingerprint density at radius 1 is 0.550 bits per heavy atom. The Bertz CT molecular complexity index is 2860. The van der Waals surface area contributed by atoms with E-state index in [-0.39, 0.29) is 5.41 Å². The normalized spacial score (nSPS) is 15.6. The summed E-state index contributed by atoms with van der Waals surface area (Å²) in [6, 6.07) is 66.9. The van der Waals surface area contributed by atoms with E-state index in [1.807, 2.05) is 6.20 Å². The van der Waals surface area contributed by atoms with E-state index in [1.165, 1.54) is 53.8 Å². The summed E-state index contributed by atoms with van der Waals surface area (Å²) in [6.07, 6.45) is 13.9. The van der Waals surface area contributed by atoms with Gasteiger partial charge in [-0.15, -0.1) is 0 Å². The Morgan fingerprint density at radius 2 is 1.15 bits per heavy atom. The molecule has 7 aromatic carbocycles. The lowest BCUT2D eigenvalue weighted by molar-refractivity contribution is 0.644. The second-order valence-electron chi connectivity index (χ2n) is 16.5. The first-order chi connectivity index (χ1) is 29.4. The molecule has 0 N–H and O–H groups in total. The van der Waals surface area contributed by atoms with Gasteiger partial charge >= 0.3 is 0 Å². The summed E-state index contributed by atoms with van der Waals surface area (Å²) in [5.41, 5.74) is 11.5. The van der Waals surface area contributed by atoms with E-state index in [0.717, 1.165) is 40.3 Å². The van der Waals surface area contributed by atoms with Crippen LogP contribution in [0.3, 0.4) is 0 Å². The third-order valence-corrected chi connectivity index (χ3v) is 17.5. The number of fused-ring (bicyclic) bond motifs is 2. The summed E-state index contributed by atoms with van der Waals surface area (Å²) >= 11 is 0. The number of nitrogens with zero attached hydrogens (tertiary/aromatic N) is 2. The van der Waals surface area contributed by atoms with E-state index in [9.17, 15) is 0 Å².